The summed E-state index contributed by atoms with van der Waals surface area (Å²) in [5.41, 5.74) is 4.03. The van der Waals surface area contributed by atoms with Crippen LogP contribution in [0.2, 0.25) is 0 Å². The van der Waals surface area contributed by atoms with Crippen molar-refractivity contribution in [2.45, 2.75) is 44.1 Å². The Morgan fingerprint density at radius 3 is 1.59 bits per heavy atom. The molecular weight excluding hydrogens is 486 g/mol. The number of nitrogens with zero attached hydrogens (tertiary/aromatic N) is 1. The zero-order valence-electron chi connectivity index (χ0n) is 21.8. The van der Waals surface area contributed by atoms with Gasteiger partial charge >= 0.3 is 0 Å². The Morgan fingerprint density at radius 1 is 0.590 bits per heavy atom. The van der Waals surface area contributed by atoms with E-state index >= 15 is 0 Å². The van der Waals surface area contributed by atoms with E-state index in [4.69, 9.17) is 14.2 Å². The standard InChI is InChI=1S/C34H33NO4/c36-35-31(22-21-27-13-5-1-6-14-27)33(38-24-29-17-9-3-10-18-29)34(39-25-30-19-11-4-12-20-30)32(35)26-37-23-28-15-7-2-8-16-28/h1-20,31-34,36H,23-26H2/t31-,32-,33-,34+/m0/s1. The van der Waals surface area contributed by atoms with E-state index in [0.717, 1.165) is 22.3 Å². The highest BCUT2D eigenvalue weighted by Gasteiger charge is 2.50. The number of hydrogen-bond donors (Lipinski definition) is 1. The molecule has 0 spiro atoms. The average Bonchev–Trinajstić information content (AvgIpc) is 3.25. The molecule has 5 rings (SSSR count). The predicted molar refractivity (Wildman–Crippen MR) is 151 cm³/mol. The Balaban J connectivity index is 1.40. The van der Waals surface area contributed by atoms with Crippen LogP contribution in [0.3, 0.4) is 0 Å². The first kappa shape index (κ1) is 26.8. The minimum absolute atomic E-state index is 0.263. The quantitative estimate of drug-likeness (QED) is 0.266. The summed E-state index contributed by atoms with van der Waals surface area (Å²) in [5, 5.41) is 12.7. The molecule has 0 saturated carbocycles. The van der Waals surface area contributed by atoms with Crippen LogP contribution < -0.4 is 0 Å². The van der Waals surface area contributed by atoms with Gasteiger partial charge in [0.05, 0.1) is 32.5 Å². The molecule has 198 valence electrons. The third-order valence-corrected chi connectivity index (χ3v) is 6.75. The van der Waals surface area contributed by atoms with Gasteiger partial charge in [-0.15, -0.1) is 0 Å². The van der Waals surface area contributed by atoms with E-state index in [1.54, 1.807) is 0 Å². The van der Waals surface area contributed by atoms with Crippen LogP contribution in [0.25, 0.3) is 0 Å². The normalized spacial score (nSPS) is 20.8. The number of ether oxygens (including phenoxy) is 3. The fraction of sp³-hybridized carbons (Fsp3) is 0.235. The maximum Gasteiger partial charge on any atom is 0.125 e. The van der Waals surface area contributed by atoms with Crippen LogP contribution in [0.1, 0.15) is 22.3 Å². The van der Waals surface area contributed by atoms with Crippen molar-refractivity contribution in [2.75, 3.05) is 6.61 Å². The van der Waals surface area contributed by atoms with Crippen molar-refractivity contribution in [3.8, 4) is 11.8 Å². The molecule has 39 heavy (non-hydrogen) atoms. The fourth-order valence-corrected chi connectivity index (χ4v) is 4.70. The molecule has 5 nitrogen and oxygen atoms in total. The van der Waals surface area contributed by atoms with Gasteiger partial charge in [0.15, 0.2) is 0 Å². The SMILES string of the molecule is ON1[C@@H](C#Cc2ccccc2)[C@H](OCc2ccccc2)[C@H](OCc2ccccc2)[C@@H]1COCc1ccccc1. The van der Waals surface area contributed by atoms with Crippen LogP contribution in [-0.2, 0) is 34.0 Å². The third-order valence-electron chi connectivity index (χ3n) is 6.75. The second kappa shape index (κ2) is 13.9. The first-order chi connectivity index (χ1) is 19.3. The van der Waals surface area contributed by atoms with Crippen LogP contribution in [0.4, 0.5) is 0 Å². The average molecular weight is 520 g/mol. The van der Waals surface area contributed by atoms with E-state index in [-0.39, 0.29) is 6.61 Å². The minimum Gasteiger partial charge on any atom is -0.375 e. The van der Waals surface area contributed by atoms with E-state index in [1.165, 1.54) is 5.06 Å². The molecule has 1 aliphatic heterocycles. The van der Waals surface area contributed by atoms with Gasteiger partial charge in [-0.05, 0) is 28.8 Å². The molecule has 1 heterocycles. The molecule has 0 radical (unpaired) electrons. The summed E-state index contributed by atoms with van der Waals surface area (Å²) >= 11 is 0. The van der Waals surface area contributed by atoms with Crippen molar-refractivity contribution in [3.63, 3.8) is 0 Å². The Labute approximate surface area is 230 Å². The number of rotatable bonds is 10. The Morgan fingerprint density at radius 2 is 1.05 bits per heavy atom. The van der Waals surface area contributed by atoms with Crippen LogP contribution in [0.5, 0.6) is 0 Å². The largest absolute Gasteiger partial charge is 0.375 e. The number of hydroxylamine groups is 2. The maximum atomic E-state index is 11.4. The van der Waals surface area contributed by atoms with Gasteiger partial charge in [-0.3, -0.25) is 0 Å². The summed E-state index contributed by atoms with van der Waals surface area (Å²) in [7, 11) is 0. The zero-order chi connectivity index (χ0) is 26.7. The van der Waals surface area contributed by atoms with Crippen LogP contribution in [0, 0.1) is 11.8 Å². The number of hydrogen-bond acceptors (Lipinski definition) is 5. The monoisotopic (exact) mass is 519 g/mol. The Bertz CT molecular complexity index is 1320. The molecular formula is C34H33NO4. The Hall–Kier alpha value is -3.76. The third kappa shape index (κ3) is 7.42. The lowest BCUT2D eigenvalue weighted by atomic mass is 10.1. The fourth-order valence-electron chi connectivity index (χ4n) is 4.70. The lowest BCUT2D eigenvalue weighted by Crippen LogP contribution is -2.40. The molecule has 0 unspecified atom stereocenters. The highest BCUT2D eigenvalue weighted by molar-refractivity contribution is 5.36. The van der Waals surface area contributed by atoms with Gasteiger partial charge in [-0.2, -0.15) is 5.06 Å². The maximum absolute atomic E-state index is 11.4. The van der Waals surface area contributed by atoms with Gasteiger partial charge < -0.3 is 19.4 Å². The van der Waals surface area contributed by atoms with Crippen LogP contribution in [-0.4, -0.2) is 41.2 Å². The summed E-state index contributed by atoms with van der Waals surface area (Å²) in [4.78, 5) is 0. The second-order valence-electron chi connectivity index (χ2n) is 9.55. The predicted octanol–water partition coefficient (Wildman–Crippen LogP) is 5.87. The minimum atomic E-state index is -0.597. The van der Waals surface area contributed by atoms with Crippen LogP contribution in [0.15, 0.2) is 121 Å². The van der Waals surface area contributed by atoms with Crippen molar-refractivity contribution in [2.24, 2.45) is 0 Å². The van der Waals surface area contributed by atoms with Gasteiger partial charge in [0.1, 0.15) is 18.2 Å². The molecule has 0 bridgehead atoms. The Kier molecular flexibility index (Phi) is 9.54. The molecule has 1 saturated heterocycles. The summed E-state index contributed by atoms with van der Waals surface area (Å²) in [6.45, 7) is 1.47. The van der Waals surface area contributed by atoms with Crippen molar-refractivity contribution in [3.05, 3.63) is 144 Å². The van der Waals surface area contributed by atoms with E-state index < -0.39 is 24.3 Å². The van der Waals surface area contributed by atoms with Crippen molar-refractivity contribution < 1.29 is 19.4 Å². The molecule has 0 amide bonds. The van der Waals surface area contributed by atoms with E-state index in [2.05, 4.69) is 11.8 Å². The van der Waals surface area contributed by atoms with E-state index in [0.29, 0.717) is 19.8 Å². The molecule has 5 heteroatoms. The summed E-state index contributed by atoms with van der Waals surface area (Å²) in [5.74, 6) is 6.48. The lowest BCUT2D eigenvalue weighted by Gasteiger charge is -2.25. The molecule has 4 aromatic carbocycles. The van der Waals surface area contributed by atoms with Gasteiger partial charge in [-0.25, -0.2) is 0 Å². The molecule has 4 atom stereocenters. The van der Waals surface area contributed by atoms with E-state index in [9.17, 15) is 5.21 Å². The molecule has 4 aromatic rings. The highest BCUT2D eigenvalue weighted by atomic mass is 16.6. The summed E-state index contributed by atoms with van der Waals surface area (Å²) in [6, 6.07) is 38.7. The first-order valence-corrected chi connectivity index (χ1v) is 13.2. The topological polar surface area (TPSA) is 51.2 Å². The molecule has 1 N–H and O–H groups in total. The lowest BCUT2D eigenvalue weighted by molar-refractivity contribution is -0.155. The molecule has 0 aliphatic carbocycles. The summed E-state index contributed by atoms with van der Waals surface area (Å²) < 4.78 is 19.0. The molecule has 0 aromatic heterocycles. The van der Waals surface area contributed by atoms with Gasteiger partial charge in [-0.1, -0.05) is 121 Å². The van der Waals surface area contributed by atoms with Crippen LogP contribution >= 0.6 is 0 Å². The molecule has 1 fully saturated rings. The molecule has 1 aliphatic rings. The van der Waals surface area contributed by atoms with E-state index in [1.807, 2.05) is 121 Å². The zero-order valence-corrected chi connectivity index (χ0v) is 21.8. The van der Waals surface area contributed by atoms with Gasteiger partial charge in [0, 0.05) is 5.56 Å². The van der Waals surface area contributed by atoms with Gasteiger partial charge in [0.2, 0.25) is 0 Å². The van der Waals surface area contributed by atoms with Crippen molar-refractivity contribution >= 4 is 0 Å². The second-order valence-corrected chi connectivity index (χ2v) is 9.55. The first-order valence-electron chi connectivity index (χ1n) is 13.2. The van der Waals surface area contributed by atoms with Crippen molar-refractivity contribution in [1.29, 1.82) is 0 Å². The van der Waals surface area contributed by atoms with Gasteiger partial charge in [0.25, 0.3) is 0 Å². The number of benzene rings is 4. The summed E-state index contributed by atoms with van der Waals surface area (Å²) in [6.07, 6.45) is -0.967. The smallest absolute Gasteiger partial charge is 0.125 e. The highest BCUT2D eigenvalue weighted by Crippen LogP contribution is 2.30. The van der Waals surface area contributed by atoms with Crippen molar-refractivity contribution in [1.82, 2.24) is 5.06 Å².